The molecule has 0 unspecified atom stereocenters. The molecule has 0 saturated carbocycles. The first-order chi connectivity index (χ1) is 8.58. The number of carbonyl (C=O) groups excluding carboxylic acids is 2. The molecular weight excluding hydrogens is 271 g/mol. The first kappa shape index (κ1) is 16.4. The van der Waals surface area contributed by atoms with Gasteiger partial charge in [0.1, 0.15) is 0 Å². The average molecular weight is 284 g/mol. The van der Waals surface area contributed by atoms with Crippen LogP contribution in [0.2, 0.25) is 0 Å². The second kappa shape index (κ2) is 7.21. The quantitative estimate of drug-likeness (QED) is 0.586. The zero-order chi connectivity index (χ0) is 13.1. The second-order valence-electron chi connectivity index (χ2n) is 4.14. The van der Waals surface area contributed by atoms with Crippen LogP contribution in [0.3, 0.4) is 0 Å². The van der Waals surface area contributed by atoms with Crippen molar-refractivity contribution in [2.45, 2.75) is 19.4 Å². The molecule has 2 aromatic rings. The number of benzene rings is 1. The van der Waals surface area contributed by atoms with E-state index in [9.17, 15) is 14.7 Å². The number of aromatic amines is 1. The predicted molar refractivity (Wildman–Crippen MR) is 64.6 cm³/mol. The van der Waals surface area contributed by atoms with Gasteiger partial charge in [-0.25, -0.2) is 0 Å². The molecule has 2 N–H and O–H groups in total. The summed E-state index contributed by atoms with van der Waals surface area (Å²) in [5.74, 6) is -1.67. The summed E-state index contributed by atoms with van der Waals surface area (Å²) in [7, 11) is 0. The Bertz CT molecular complexity index is 594. The van der Waals surface area contributed by atoms with Crippen LogP contribution >= 0.6 is 0 Å². The van der Waals surface area contributed by atoms with Gasteiger partial charge in [-0.1, -0.05) is 18.2 Å². The molecular formula is C13H13KN2O3. The number of hydrogen-bond donors (Lipinski definition) is 2. The fraction of sp³-hybridized carbons (Fsp3) is 0.231. The summed E-state index contributed by atoms with van der Waals surface area (Å²) >= 11 is 0. The Hall–Kier alpha value is -0.664. The van der Waals surface area contributed by atoms with Crippen molar-refractivity contribution in [1.29, 1.82) is 0 Å². The minimum atomic E-state index is -1.28. The zero-order valence-corrected chi connectivity index (χ0v) is 14.0. The smallest absolute Gasteiger partial charge is 0.548 e. The van der Waals surface area contributed by atoms with Crippen LogP contribution in [0.4, 0.5) is 0 Å². The molecule has 1 aromatic carbocycles. The van der Waals surface area contributed by atoms with E-state index in [2.05, 4.69) is 10.3 Å². The number of H-pyrrole nitrogens is 1. The molecule has 0 aliphatic rings. The molecule has 0 bridgehead atoms. The van der Waals surface area contributed by atoms with Crippen molar-refractivity contribution < 1.29 is 66.1 Å². The molecule has 0 fully saturated rings. The van der Waals surface area contributed by atoms with Crippen molar-refractivity contribution in [3.63, 3.8) is 0 Å². The number of carboxylic acids is 1. The number of aliphatic carboxylic acids is 1. The van der Waals surface area contributed by atoms with Crippen LogP contribution in [0.1, 0.15) is 12.5 Å². The maximum atomic E-state index is 11.0. The van der Waals surface area contributed by atoms with Gasteiger partial charge in [0.05, 0.1) is 12.0 Å². The van der Waals surface area contributed by atoms with Crippen molar-refractivity contribution in [2.24, 2.45) is 0 Å². The molecule has 94 valence electrons. The van der Waals surface area contributed by atoms with Crippen LogP contribution in [-0.2, 0) is 16.0 Å². The van der Waals surface area contributed by atoms with Gasteiger partial charge in [0.2, 0.25) is 5.91 Å². The van der Waals surface area contributed by atoms with E-state index >= 15 is 0 Å². The average Bonchev–Trinajstić information content (AvgIpc) is 2.71. The first-order valence-corrected chi connectivity index (χ1v) is 5.61. The molecule has 1 aromatic heterocycles. The fourth-order valence-corrected chi connectivity index (χ4v) is 1.96. The van der Waals surface area contributed by atoms with E-state index in [1.807, 2.05) is 24.3 Å². The van der Waals surface area contributed by atoms with Gasteiger partial charge in [0.15, 0.2) is 0 Å². The van der Waals surface area contributed by atoms with E-state index in [-0.39, 0.29) is 63.7 Å². The van der Waals surface area contributed by atoms with E-state index in [1.165, 1.54) is 6.92 Å². The molecule has 0 radical (unpaired) electrons. The minimum absolute atomic E-state index is 0. The third-order valence-corrected chi connectivity index (χ3v) is 2.76. The minimum Gasteiger partial charge on any atom is -0.548 e. The van der Waals surface area contributed by atoms with Crippen molar-refractivity contribution in [3.05, 3.63) is 36.0 Å². The summed E-state index contributed by atoms with van der Waals surface area (Å²) in [6.45, 7) is 1.28. The summed E-state index contributed by atoms with van der Waals surface area (Å²) < 4.78 is 0. The van der Waals surface area contributed by atoms with Gasteiger partial charge in [-0.2, -0.15) is 0 Å². The van der Waals surface area contributed by atoms with E-state index in [1.54, 1.807) is 6.20 Å². The molecule has 2 rings (SSSR count). The molecule has 6 heteroatoms. The number of hydrogen-bond acceptors (Lipinski definition) is 3. The number of aromatic nitrogens is 1. The Kier molecular flexibility index (Phi) is 6.22. The number of nitrogens with one attached hydrogen (secondary N) is 2. The van der Waals surface area contributed by atoms with E-state index in [0.29, 0.717) is 0 Å². The van der Waals surface area contributed by atoms with E-state index < -0.39 is 12.0 Å². The van der Waals surface area contributed by atoms with Gasteiger partial charge in [0.25, 0.3) is 0 Å². The third kappa shape index (κ3) is 4.15. The van der Waals surface area contributed by atoms with Gasteiger partial charge in [0, 0.05) is 30.4 Å². The molecule has 1 amide bonds. The van der Waals surface area contributed by atoms with Crippen LogP contribution in [0.5, 0.6) is 0 Å². The van der Waals surface area contributed by atoms with Crippen LogP contribution < -0.4 is 61.8 Å². The van der Waals surface area contributed by atoms with Gasteiger partial charge in [-0.15, -0.1) is 0 Å². The first-order valence-electron chi connectivity index (χ1n) is 5.61. The number of fused-ring (bicyclic) bond motifs is 1. The van der Waals surface area contributed by atoms with Crippen molar-refractivity contribution in [1.82, 2.24) is 10.3 Å². The van der Waals surface area contributed by atoms with Crippen LogP contribution in [0.25, 0.3) is 10.9 Å². The van der Waals surface area contributed by atoms with Crippen LogP contribution in [-0.4, -0.2) is 22.9 Å². The summed E-state index contributed by atoms with van der Waals surface area (Å²) in [6, 6.07) is 6.58. The molecule has 1 atom stereocenters. The molecule has 0 saturated heterocycles. The van der Waals surface area contributed by atoms with Crippen molar-refractivity contribution in [3.8, 4) is 0 Å². The number of para-hydroxylation sites is 1. The monoisotopic (exact) mass is 284 g/mol. The second-order valence-corrected chi connectivity index (χ2v) is 4.14. The zero-order valence-electron chi connectivity index (χ0n) is 10.9. The van der Waals surface area contributed by atoms with E-state index in [0.717, 1.165) is 16.5 Å². The molecule has 1 heterocycles. The number of rotatable bonds is 4. The predicted octanol–water partition coefficient (Wildman–Crippen LogP) is -3.03. The summed E-state index contributed by atoms with van der Waals surface area (Å²) in [4.78, 5) is 25.0. The van der Waals surface area contributed by atoms with Gasteiger partial charge < -0.3 is 20.2 Å². The maximum absolute atomic E-state index is 11.0. The standard InChI is InChI=1S/C13H14N2O3.K/c1-8(16)15-12(13(17)18)6-9-7-14-11-5-3-2-4-10(9)11;/h2-5,7,12,14H,6H2,1H3,(H,15,16)(H,17,18);/q;+1/p-1/t12-;/m0./s1. The normalized spacial score (nSPS) is 11.6. The molecule has 0 aliphatic carbocycles. The Labute approximate surface area is 153 Å². The van der Waals surface area contributed by atoms with Crippen molar-refractivity contribution >= 4 is 22.8 Å². The number of amides is 1. The summed E-state index contributed by atoms with van der Waals surface area (Å²) in [5, 5.41) is 14.3. The SMILES string of the molecule is CC(=O)N[C@@H](Cc1c[nH]c2ccccc12)C(=O)[O-].[K+]. The van der Waals surface area contributed by atoms with E-state index in [4.69, 9.17) is 0 Å². The molecule has 19 heavy (non-hydrogen) atoms. The Morgan fingerprint density at radius 3 is 2.68 bits per heavy atom. The number of carbonyl (C=O) groups is 2. The Morgan fingerprint density at radius 2 is 2.05 bits per heavy atom. The van der Waals surface area contributed by atoms with Crippen LogP contribution in [0.15, 0.2) is 30.5 Å². The Morgan fingerprint density at radius 1 is 1.37 bits per heavy atom. The van der Waals surface area contributed by atoms with Crippen molar-refractivity contribution in [2.75, 3.05) is 0 Å². The summed E-state index contributed by atoms with van der Waals surface area (Å²) in [5.41, 5.74) is 1.78. The van der Waals surface area contributed by atoms with Gasteiger partial charge >= 0.3 is 51.4 Å². The Balaban J connectivity index is 0.00000180. The van der Waals surface area contributed by atoms with Gasteiger partial charge in [-0.05, 0) is 11.6 Å². The molecule has 0 aliphatic heterocycles. The maximum Gasteiger partial charge on any atom is 1.00 e. The van der Waals surface area contributed by atoms with Gasteiger partial charge in [-0.3, -0.25) is 4.79 Å². The summed E-state index contributed by atoms with van der Waals surface area (Å²) in [6.07, 6.45) is 1.95. The number of carboxylic acid groups (broad SMARTS) is 1. The fourth-order valence-electron chi connectivity index (χ4n) is 1.96. The van der Waals surface area contributed by atoms with Crippen LogP contribution in [0, 0.1) is 0 Å². The molecule has 5 nitrogen and oxygen atoms in total. The third-order valence-electron chi connectivity index (χ3n) is 2.76. The largest absolute Gasteiger partial charge is 1.00 e. The topological polar surface area (TPSA) is 85.0 Å². The molecule has 0 spiro atoms.